The van der Waals surface area contributed by atoms with Gasteiger partial charge in [-0.2, -0.15) is 10.2 Å². The molecule has 4 rings (SSSR count). The summed E-state index contributed by atoms with van der Waals surface area (Å²) < 4.78 is 1.80. The molecule has 1 atom stereocenters. The summed E-state index contributed by atoms with van der Waals surface area (Å²) in [6.45, 7) is 4.85. The number of hydrogen-bond donors (Lipinski definition) is 2. The summed E-state index contributed by atoms with van der Waals surface area (Å²) in [7, 11) is 0. The van der Waals surface area contributed by atoms with Crippen molar-refractivity contribution in [2.75, 3.05) is 5.32 Å². The Bertz CT molecular complexity index is 896. The molecule has 0 radical (unpaired) electrons. The number of aromatic amines is 1. The molecule has 7 heteroatoms. The van der Waals surface area contributed by atoms with Crippen LogP contribution in [0.4, 0.5) is 5.82 Å². The minimum absolute atomic E-state index is 0.00884. The molecule has 7 nitrogen and oxygen atoms in total. The van der Waals surface area contributed by atoms with Gasteiger partial charge in [0.1, 0.15) is 18.5 Å². The summed E-state index contributed by atoms with van der Waals surface area (Å²) in [6, 6.07) is 4.36. The molecule has 0 saturated heterocycles. The third-order valence-corrected chi connectivity index (χ3v) is 4.60. The number of benzene rings is 1. The van der Waals surface area contributed by atoms with E-state index in [4.69, 9.17) is 0 Å². The fraction of sp³-hybridized carbons (Fsp3) is 0.294. The molecule has 0 bridgehead atoms. The van der Waals surface area contributed by atoms with Crippen molar-refractivity contribution in [2.45, 2.75) is 32.7 Å². The minimum Gasteiger partial charge on any atom is -0.311 e. The molecule has 3 aromatic rings. The average molecular weight is 322 g/mol. The first-order chi connectivity index (χ1) is 11.6. The topological polar surface area (TPSA) is 88.5 Å². The maximum absolute atomic E-state index is 12.0. The summed E-state index contributed by atoms with van der Waals surface area (Å²) in [6.07, 6.45) is 5.48. The molecule has 3 heterocycles. The van der Waals surface area contributed by atoms with Crippen molar-refractivity contribution in [1.82, 2.24) is 25.0 Å². The molecule has 0 saturated carbocycles. The lowest BCUT2D eigenvalue weighted by Crippen LogP contribution is -2.23. The molecule has 24 heavy (non-hydrogen) atoms. The lowest BCUT2D eigenvalue weighted by molar-refractivity contribution is -0.116. The fourth-order valence-corrected chi connectivity index (χ4v) is 3.37. The number of aryl methyl sites for hydroxylation is 2. The van der Waals surface area contributed by atoms with Gasteiger partial charge in [0.2, 0.25) is 5.91 Å². The summed E-state index contributed by atoms with van der Waals surface area (Å²) >= 11 is 0. The smallest absolute Gasteiger partial charge is 0.226 e. The number of nitrogens with one attached hydrogen (secondary N) is 2. The summed E-state index contributed by atoms with van der Waals surface area (Å²) in [5.41, 5.74) is 5.76. The Morgan fingerprint density at radius 1 is 1.25 bits per heavy atom. The average Bonchev–Trinajstić information content (AvgIpc) is 3.20. The van der Waals surface area contributed by atoms with Crippen molar-refractivity contribution in [3.05, 3.63) is 58.8 Å². The van der Waals surface area contributed by atoms with Crippen molar-refractivity contribution in [2.24, 2.45) is 0 Å². The number of anilines is 1. The minimum atomic E-state index is 0.00884. The predicted molar refractivity (Wildman–Crippen MR) is 88.7 cm³/mol. The lowest BCUT2D eigenvalue weighted by atomic mass is 9.83. The molecular formula is C17H18N6O. The van der Waals surface area contributed by atoms with Gasteiger partial charge in [-0.15, -0.1) is 0 Å². The molecule has 0 aliphatic carbocycles. The van der Waals surface area contributed by atoms with Crippen LogP contribution in [0.3, 0.4) is 0 Å². The van der Waals surface area contributed by atoms with Gasteiger partial charge in [0, 0.05) is 17.9 Å². The quantitative estimate of drug-likeness (QED) is 0.773. The van der Waals surface area contributed by atoms with Gasteiger partial charge >= 0.3 is 0 Å². The van der Waals surface area contributed by atoms with Crippen molar-refractivity contribution in [1.29, 1.82) is 0 Å². The number of carbonyl (C=O) groups excluding carboxylic acids is 1. The van der Waals surface area contributed by atoms with Crippen LogP contribution >= 0.6 is 0 Å². The molecule has 2 aromatic heterocycles. The monoisotopic (exact) mass is 322 g/mol. The molecule has 1 aromatic carbocycles. The molecule has 1 aliphatic rings. The first-order valence-electron chi connectivity index (χ1n) is 7.87. The summed E-state index contributed by atoms with van der Waals surface area (Å²) in [5, 5.41) is 14.0. The zero-order valence-electron chi connectivity index (χ0n) is 13.6. The van der Waals surface area contributed by atoms with Gasteiger partial charge in [0.25, 0.3) is 0 Å². The third-order valence-electron chi connectivity index (χ3n) is 4.60. The summed E-state index contributed by atoms with van der Waals surface area (Å²) in [5.74, 6) is 0.728. The predicted octanol–water partition coefficient (Wildman–Crippen LogP) is 2.14. The highest BCUT2D eigenvalue weighted by molar-refractivity contribution is 5.94. The highest BCUT2D eigenvalue weighted by Gasteiger charge is 2.29. The van der Waals surface area contributed by atoms with Gasteiger partial charge in [0.15, 0.2) is 0 Å². The highest BCUT2D eigenvalue weighted by atomic mass is 16.1. The highest BCUT2D eigenvalue weighted by Crippen LogP contribution is 2.38. The van der Waals surface area contributed by atoms with Crippen molar-refractivity contribution in [3.63, 3.8) is 0 Å². The Morgan fingerprint density at radius 3 is 2.92 bits per heavy atom. The number of H-pyrrole nitrogens is 1. The van der Waals surface area contributed by atoms with E-state index in [1.807, 2.05) is 0 Å². The SMILES string of the molecule is Cc1cc(C)c([C@@H]2CC(=O)Nc3[nH]ncc32)cc1Cn1cncn1. The van der Waals surface area contributed by atoms with Crippen molar-refractivity contribution < 1.29 is 4.79 Å². The van der Waals surface area contributed by atoms with Crippen LogP contribution in [-0.4, -0.2) is 30.9 Å². The van der Waals surface area contributed by atoms with Crippen LogP contribution in [0, 0.1) is 13.8 Å². The lowest BCUT2D eigenvalue weighted by Gasteiger charge is -2.25. The van der Waals surface area contributed by atoms with Crippen LogP contribution in [0.2, 0.25) is 0 Å². The molecule has 0 unspecified atom stereocenters. The largest absolute Gasteiger partial charge is 0.311 e. The van der Waals surface area contributed by atoms with Crippen LogP contribution in [0.15, 0.2) is 31.0 Å². The Morgan fingerprint density at radius 2 is 2.12 bits per heavy atom. The molecule has 0 spiro atoms. The van der Waals surface area contributed by atoms with Crippen LogP contribution < -0.4 is 5.32 Å². The zero-order valence-corrected chi connectivity index (χ0v) is 13.6. The van der Waals surface area contributed by atoms with Gasteiger partial charge in [-0.1, -0.05) is 12.1 Å². The fourth-order valence-electron chi connectivity index (χ4n) is 3.37. The number of fused-ring (bicyclic) bond motifs is 1. The van der Waals surface area contributed by atoms with E-state index in [1.165, 1.54) is 23.0 Å². The van der Waals surface area contributed by atoms with E-state index < -0.39 is 0 Å². The summed E-state index contributed by atoms with van der Waals surface area (Å²) in [4.78, 5) is 16.0. The van der Waals surface area contributed by atoms with Gasteiger partial charge in [-0.05, 0) is 36.1 Å². The number of rotatable bonds is 3. The van der Waals surface area contributed by atoms with Gasteiger partial charge in [0.05, 0.1) is 12.7 Å². The Balaban J connectivity index is 1.77. The van der Waals surface area contributed by atoms with E-state index in [2.05, 4.69) is 51.6 Å². The van der Waals surface area contributed by atoms with E-state index in [-0.39, 0.29) is 11.8 Å². The standard InChI is InChI=1S/C17H18N6O/c1-10-3-11(2)13(4-12(10)7-23-9-18-8-20-23)14-5-16(24)21-17-15(14)6-19-22-17/h3-4,6,8-9,14H,5,7H2,1-2H3,(H2,19,21,22,24)/t14-/m0/s1. The van der Waals surface area contributed by atoms with Gasteiger partial charge < -0.3 is 5.32 Å². The first-order valence-corrected chi connectivity index (χ1v) is 7.87. The number of carbonyl (C=O) groups is 1. The second-order valence-electron chi connectivity index (χ2n) is 6.23. The van der Waals surface area contributed by atoms with E-state index in [9.17, 15) is 4.79 Å². The molecule has 1 aliphatic heterocycles. The van der Waals surface area contributed by atoms with E-state index in [0.717, 1.165) is 11.1 Å². The number of amides is 1. The van der Waals surface area contributed by atoms with Gasteiger partial charge in [-0.3, -0.25) is 9.89 Å². The Kier molecular flexibility index (Phi) is 3.41. The normalized spacial score (nSPS) is 16.8. The Hall–Kier alpha value is -2.96. The molecular weight excluding hydrogens is 304 g/mol. The van der Waals surface area contributed by atoms with Crippen LogP contribution in [0.25, 0.3) is 0 Å². The van der Waals surface area contributed by atoms with E-state index >= 15 is 0 Å². The van der Waals surface area contributed by atoms with Crippen molar-refractivity contribution >= 4 is 11.7 Å². The Labute approximate surface area is 139 Å². The van der Waals surface area contributed by atoms with Crippen LogP contribution in [0.5, 0.6) is 0 Å². The second-order valence-corrected chi connectivity index (χ2v) is 6.23. The molecule has 1 amide bonds. The number of nitrogens with zero attached hydrogens (tertiary/aromatic N) is 4. The first kappa shape index (κ1) is 14.6. The van der Waals surface area contributed by atoms with Crippen molar-refractivity contribution in [3.8, 4) is 0 Å². The maximum Gasteiger partial charge on any atom is 0.226 e. The third kappa shape index (κ3) is 2.47. The molecule has 2 N–H and O–H groups in total. The van der Waals surface area contributed by atoms with Gasteiger partial charge in [-0.25, -0.2) is 9.67 Å². The van der Waals surface area contributed by atoms with E-state index in [0.29, 0.717) is 18.8 Å². The second kappa shape index (κ2) is 5.59. The maximum atomic E-state index is 12.0. The van der Waals surface area contributed by atoms with Crippen LogP contribution in [-0.2, 0) is 11.3 Å². The molecule has 122 valence electrons. The zero-order chi connectivity index (χ0) is 16.7. The molecule has 0 fully saturated rings. The van der Waals surface area contributed by atoms with Crippen LogP contribution in [0.1, 0.15) is 40.2 Å². The number of hydrogen-bond acceptors (Lipinski definition) is 4. The van der Waals surface area contributed by atoms with E-state index in [1.54, 1.807) is 17.2 Å². The number of aromatic nitrogens is 5.